The van der Waals surface area contributed by atoms with E-state index in [0.717, 1.165) is 24.7 Å². The number of carbonyl (C=O) groups excluding carboxylic acids is 2. The van der Waals surface area contributed by atoms with Gasteiger partial charge in [0.25, 0.3) is 0 Å². The average molecular weight is 291 g/mol. The highest BCUT2D eigenvalue weighted by Gasteiger charge is 2.44. The lowest BCUT2D eigenvalue weighted by molar-refractivity contribution is -0.109. The fourth-order valence-corrected chi connectivity index (χ4v) is 2.13. The number of carbonyl (C=O) groups is 2. The minimum absolute atomic E-state index is 0.363. The van der Waals surface area contributed by atoms with Crippen molar-refractivity contribution in [2.24, 2.45) is 0 Å². The maximum atomic E-state index is 11.8. The zero-order valence-corrected chi connectivity index (χ0v) is 12.9. The monoisotopic (exact) mass is 291 g/mol. The first-order chi connectivity index (χ1) is 9.79. The van der Waals surface area contributed by atoms with Crippen molar-refractivity contribution in [3.8, 4) is 5.75 Å². The SMILES string of the molecule is COc1cc(C2(C=O)CC2)ccc1NC(=O)OC(C)(C)C. The van der Waals surface area contributed by atoms with Gasteiger partial charge in [-0.25, -0.2) is 4.79 Å². The molecule has 1 aromatic carbocycles. The maximum absolute atomic E-state index is 11.8. The molecule has 0 unspecified atom stereocenters. The largest absolute Gasteiger partial charge is 0.495 e. The summed E-state index contributed by atoms with van der Waals surface area (Å²) < 4.78 is 10.5. The van der Waals surface area contributed by atoms with Gasteiger partial charge in [0.15, 0.2) is 0 Å². The van der Waals surface area contributed by atoms with Crippen LogP contribution in [0.5, 0.6) is 5.75 Å². The molecule has 114 valence electrons. The van der Waals surface area contributed by atoms with Crippen LogP contribution in [0.1, 0.15) is 39.2 Å². The van der Waals surface area contributed by atoms with Crippen LogP contribution < -0.4 is 10.1 Å². The Kier molecular flexibility index (Phi) is 3.94. The Bertz CT molecular complexity index is 556. The zero-order chi connectivity index (χ0) is 15.7. The van der Waals surface area contributed by atoms with E-state index in [1.807, 2.05) is 6.07 Å². The van der Waals surface area contributed by atoms with Gasteiger partial charge in [0, 0.05) is 0 Å². The van der Waals surface area contributed by atoms with Crippen molar-refractivity contribution in [2.75, 3.05) is 12.4 Å². The van der Waals surface area contributed by atoms with Crippen LogP contribution in [0.4, 0.5) is 10.5 Å². The van der Waals surface area contributed by atoms with Gasteiger partial charge in [0.05, 0.1) is 18.2 Å². The van der Waals surface area contributed by atoms with Crippen LogP contribution in [-0.4, -0.2) is 25.1 Å². The summed E-state index contributed by atoms with van der Waals surface area (Å²) >= 11 is 0. The number of aldehydes is 1. The number of anilines is 1. The highest BCUT2D eigenvalue weighted by atomic mass is 16.6. The molecule has 0 bridgehead atoms. The summed E-state index contributed by atoms with van der Waals surface area (Å²) in [6.45, 7) is 5.40. The summed E-state index contributed by atoms with van der Waals surface area (Å²) in [7, 11) is 1.53. The molecule has 1 fully saturated rings. The van der Waals surface area contributed by atoms with E-state index in [2.05, 4.69) is 5.32 Å². The number of amides is 1. The van der Waals surface area contributed by atoms with Gasteiger partial charge >= 0.3 is 6.09 Å². The number of nitrogens with one attached hydrogen (secondary N) is 1. The number of ether oxygens (including phenoxy) is 2. The van der Waals surface area contributed by atoms with Crippen molar-refractivity contribution in [1.82, 2.24) is 0 Å². The third-order valence-electron chi connectivity index (χ3n) is 3.43. The number of hydrogen-bond donors (Lipinski definition) is 1. The minimum Gasteiger partial charge on any atom is -0.495 e. The Labute approximate surface area is 124 Å². The first-order valence-corrected chi connectivity index (χ1v) is 6.94. The smallest absolute Gasteiger partial charge is 0.412 e. The first kappa shape index (κ1) is 15.4. The lowest BCUT2D eigenvalue weighted by Gasteiger charge is -2.20. The summed E-state index contributed by atoms with van der Waals surface area (Å²) in [4.78, 5) is 23.0. The molecule has 1 N–H and O–H groups in total. The molecule has 1 aliphatic carbocycles. The highest BCUT2D eigenvalue weighted by Crippen LogP contribution is 2.47. The molecule has 21 heavy (non-hydrogen) atoms. The van der Waals surface area contributed by atoms with E-state index in [1.54, 1.807) is 32.9 Å². The van der Waals surface area contributed by atoms with E-state index in [9.17, 15) is 9.59 Å². The molecular weight excluding hydrogens is 270 g/mol. The fourth-order valence-electron chi connectivity index (χ4n) is 2.13. The molecule has 5 heteroatoms. The second-order valence-corrected chi connectivity index (χ2v) is 6.32. The molecule has 1 amide bonds. The van der Waals surface area contributed by atoms with Crippen molar-refractivity contribution >= 4 is 18.1 Å². The summed E-state index contributed by atoms with van der Waals surface area (Å²) in [5.74, 6) is 0.520. The average Bonchev–Trinajstić information content (AvgIpc) is 3.18. The molecule has 2 rings (SSSR count). The Morgan fingerprint density at radius 2 is 2.00 bits per heavy atom. The van der Waals surface area contributed by atoms with Crippen molar-refractivity contribution in [3.63, 3.8) is 0 Å². The molecule has 0 radical (unpaired) electrons. The topological polar surface area (TPSA) is 64.6 Å². The van der Waals surface area contributed by atoms with Crippen LogP contribution in [0.2, 0.25) is 0 Å². The van der Waals surface area contributed by atoms with Gasteiger partial charge in [-0.1, -0.05) is 6.07 Å². The van der Waals surface area contributed by atoms with Gasteiger partial charge in [0.1, 0.15) is 17.6 Å². The Morgan fingerprint density at radius 1 is 1.33 bits per heavy atom. The van der Waals surface area contributed by atoms with Crippen LogP contribution in [0.3, 0.4) is 0 Å². The summed E-state index contributed by atoms with van der Waals surface area (Å²) in [6.07, 6.45) is 2.17. The number of hydrogen-bond acceptors (Lipinski definition) is 4. The van der Waals surface area contributed by atoms with Crippen molar-refractivity contribution < 1.29 is 19.1 Å². The number of benzene rings is 1. The van der Waals surface area contributed by atoms with Gasteiger partial charge < -0.3 is 14.3 Å². The van der Waals surface area contributed by atoms with Crippen LogP contribution in [0.15, 0.2) is 18.2 Å². The molecule has 0 aliphatic heterocycles. The van der Waals surface area contributed by atoms with E-state index in [-0.39, 0.29) is 5.41 Å². The minimum atomic E-state index is -0.563. The van der Waals surface area contributed by atoms with Gasteiger partial charge in [-0.05, 0) is 51.3 Å². The summed E-state index contributed by atoms with van der Waals surface area (Å²) in [6, 6.07) is 5.38. The van der Waals surface area contributed by atoms with Crippen LogP contribution in [0.25, 0.3) is 0 Å². The highest BCUT2D eigenvalue weighted by molar-refractivity contribution is 5.87. The summed E-state index contributed by atoms with van der Waals surface area (Å²) in [5.41, 5.74) is 0.520. The predicted octanol–water partition coefficient (Wildman–Crippen LogP) is 3.27. The Hall–Kier alpha value is -2.04. The molecule has 0 atom stereocenters. The van der Waals surface area contributed by atoms with Gasteiger partial charge in [0.2, 0.25) is 0 Å². The summed E-state index contributed by atoms with van der Waals surface area (Å²) in [5, 5.41) is 2.66. The van der Waals surface area contributed by atoms with Gasteiger partial charge in [-0.3, -0.25) is 5.32 Å². The fraction of sp³-hybridized carbons (Fsp3) is 0.500. The quantitative estimate of drug-likeness (QED) is 0.865. The van der Waals surface area contributed by atoms with E-state index in [0.29, 0.717) is 11.4 Å². The molecule has 1 aromatic rings. The van der Waals surface area contributed by atoms with E-state index in [1.165, 1.54) is 7.11 Å². The molecule has 0 heterocycles. The van der Waals surface area contributed by atoms with E-state index < -0.39 is 11.7 Å². The normalized spacial score (nSPS) is 16.0. The second kappa shape index (κ2) is 5.39. The first-order valence-electron chi connectivity index (χ1n) is 6.94. The Balaban J connectivity index is 2.17. The lowest BCUT2D eigenvalue weighted by Crippen LogP contribution is -2.27. The number of rotatable bonds is 4. The maximum Gasteiger partial charge on any atom is 0.412 e. The van der Waals surface area contributed by atoms with Crippen molar-refractivity contribution in [3.05, 3.63) is 23.8 Å². The molecular formula is C16H21NO4. The lowest BCUT2D eigenvalue weighted by atomic mass is 9.97. The molecule has 1 saturated carbocycles. The van der Waals surface area contributed by atoms with E-state index >= 15 is 0 Å². The third kappa shape index (κ3) is 3.54. The van der Waals surface area contributed by atoms with Crippen molar-refractivity contribution in [1.29, 1.82) is 0 Å². The molecule has 1 aliphatic rings. The molecule has 0 spiro atoms. The van der Waals surface area contributed by atoms with E-state index in [4.69, 9.17) is 9.47 Å². The van der Waals surface area contributed by atoms with Gasteiger partial charge in [-0.2, -0.15) is 0 Å². The van der Waals surface area contributed by atoms with Crippen LogP contribution in [-0.2, 0) is 14.9 Å². The standard InChI is InChI=1S/C16H21NO4/c1-15(2,3)21-14(19)17-12-6-5-11(9-13(12)20-4)16(10-18)7-8-16/h5-6,9-10H,7-8H2,1-4H3,(H,17,19). The predicted molar refractivity (Wildman–Crippen MR) is 79.8 cm³/mol. The Morgan fingerprint density at radius 3 is 2.48 bits per heavy atom. The van der Waals surface area contributed by atoms with Gasteiger partial charge in [-0.15, -0.1) is 0 Å². The van der Waals surface area contributed by atoms with Crippen LogP contribution in [0, 0.1) is 0 Å². The zero-order valence-electron chi connectivity index (χ0n) is 12.9. The van der Waals surface area contributed by atoms with Crippen LogP contribution >= 0.6 is 0 Å². The third-order valence-corrected chi connectivity index (χ3v) is 3.43. The molecule has 0 aromatic heterocycles. The second-order valence-electron chi connectivity index (χ2n) is 6.32. The molecule has 0 saturated heterocycles. The molecule has 5 nitrogen and oxygen atoms in total. The van der Waals surface area contributed by atoms with Crippen molar-refractivity contribution in [2.45, 2.75) is 44.6 Å². The number of methoxy groups -OCH3 is 1.